The minimum Gasteiger partial charge on any atom is -0.309 e. The molecule has 0 aliphatic rings. The second-order valence-electron chi connectivity index (χ2n) is 18.3. The van der Waals surface area contributed by atoms with Crippen LogP contribution in [0.25, 0.3) is 141 Å². The first-order valence-corrected chi connectivity index (χ1v) is 24.4. The predicted octanol–water partition coefficient (Wildman–Crippen LogP) is 18.1. The highest BCUT2D eigenvalue weighted by Crippen LogP contribution is 2.43. The van der Waals surface area contributed by atoms with Crippen LogP contribution >= 0.6 is 11.3 Å². The molecular formula is C65H39N3S. The van der Waals surface area contributed by atoms with Crippen LogP contribution in [-0.2, 0) is 0 Å². The van der Waals surface area contributed by atoms with Crippen LogP contribution in [0.4, 0.5) is 0 Å². The number of rotatable bonds is 5. The number of benzene rings is 11. The number of imidazole rings is 1. The first kappa shape index (κ1) is 38.3. The second-order valence-corrected chi connectivity index (χ2v) is 19.4. The summed E-state index contributed by atoms with van der Waals surface area (Å²) >= 11 is 1.83. The quantitative estimate of drug-likeness (QED) is 0.158. The molecule has 0 aliphatic heterocycles. The van der Waals surface area contributed by atoms with Crippen molar-refractivity contribution in [1.82, 2.24) is 14.0 Å². The smallest absolute Gasteiger partial charge is 0.156 e. The Kier molecular flexibility index (Phi) is 8.23. The molecule has 0 unspecified atom stereocenters. The van der Waals surface area contributed by atoms with Gasteiger partial charge in [-0.1, -0.05) is 170 Å². The number of para-hydroxylation sites is 2. The lowest BCUT2D eigenvalue weighted by molar-refractivity contribution is 1.18. The Labute approximate surface area is 401 Å². The van der Waals surface area contributed by atoms with E-state index in [2.05, 4.69) is 246 Å². The molecule has 0 amide bonds. The van der Waals surface area contributed by atoms with E-state index in [1.165, 1.54) is 113 Å². The molecule has 0 N–H and O–H groups in total. The van der Waals surface area contributed by atoms with Gasteiger partial charge in [0.2, 0.25) is 0 Å². The molecule has 4 heteroatoms. The Hall–Kier alpha value is -8.83. The number of hydrogen-bond acceptors (Lipinski definition) is 2. The molecule has 0 bridgehead atoms. The molecule has 69 heavy (non-hydrogen) atoms. The van der Waals surface area contributed by atoms with E-state index in [1.807, 2.05) is 11.3 Å². The van der Waals surface area contributed by atoms with Gasteiger partial charge in [0.15, 0.2) is 5.65 Å². The molecule has 4 heterocycles. The summed E-state index contributed by atoms with van der Waals surface area (Å²) in [5, 5.41) is 12.4. The van der Waals surface area contributed by atoms with Gasteiger partial charge in [0, 0.05) is 31.9 Å². The van der Waals surface area contributed by atoms with Crippen molar-refractivity contribution in [2.75, 3.05) is 0 Å². The summed E-state index contributed by atoms with van der Waals surface area (Å²) in [6.07, 6.45) is 0. The van der Waals surface area contributed by atoms with E-state index in [0.29, 0.717) is 0 Å². The summed E-state index contributed by atoms with van der Waals surface area (Å²) in [7, 11) is 0. The maximum Gasteiger partial charge on any atom is 0.156 e. The van der Waals surface area contributed by atoms with Gasteiger partial charge in [-0.15, -0.1) is 11.3 Å². The average molecular weight is 894 g/mol. The maximum absolute atomic E-state index is 5.41. The van der Waals surface area contributed by atoms with Crippen molar-refractivity contribution in [3.8, 4) is 50.3 Å². The molecule has 320 valence electrons. The fraction of sp³-hybridized carbons (Fsp3) is 0. The van der Waals surface area contributed by atoms with E-state index in [0.717, 1.165) is 27.9 Å². The van der Waals surface area contributed by atoms with Gasteiger partial charge in [-0.3, -0.25) is 4.40 Å². The fourth-order valence-corrected chi connectivity index (χ4v) is 12.3. The van der Waals surface area contributed by atoms with Gasteiger partial charge in [0.25, 0.3) is 0 Å². The number of aromatic nitrogens is 3. The van der Waals surface area contributed by atoms with E-state index in [9.17, 15) is 0 Å². The number of fused-ring (bicyclic) bond motifs is 13. The largest absolute Gasteiger partial charge is 0.309 e. The van der Waals surface area contributed by atoms with Gasteiger partial charge in [-0.25, -0.2) is 4.98 Å². The van der Waals surface area contributed by atoms with Crippen LogP contribution in [0.5, 0.6) is 0 Å². The second kappa shape index (κ2) is 14.8. The third-order valence-electron chi connectivity index (χ3n) is 14.5. The zero-order valence-electron chi connectivity index (χ0n) is 37.3. The first-order chi connectivity index (χ1) is 34.2. The lowest BCUT2D eigenvalue weighted by Gasteiger charge is -2.14. The van der Waals surface area contributed by atoms with Gasteiger partial charge < -0.3 is 4.57 Å². The van der Waals surface area contributed by atoms with E-state index >= 15 is 0 Å². The van der Waals surface area contributed by atoms with Crippen molar-refractivity contribution < 1.29 is 0 Å². The predicted molar refractivity (Wildman–Crippen MR) is 294 cm³/mol. The molecule has 0 saturated carbocycles. The maximum atomic E-state index is 5.41. The van der Waals surface area contributed by atoms with Crippen LogP contribution < -0.4 is 0 Å². The Balaban J connectivity index is 0.811. The lowest BCUT2D eigenvalue weighted by atomic mass is 9.91. The molecule has 0 atom stereocenters. The molecule has 15 rings (SSSR count). The van der Waals surface area contributed by atoms with E-state index in [1.54, 1.807) is 0 Å². The first-order valence-electron chi connectivity index (χ1n) is 23.6. The van der Waals surface area contributed by atoms with Gasteiger partial charge in [0.1, 0.15) is 0 Å². The van der Waals surface area contributed by atoms with Crippen molar-refractivity contribution >= 4 is 102 Å². The zero-order valence-corrected chi connectivity index (χ0v) is 38.1. The minimum atomic E-state index is 1.01. The summed E-state index contributed by atoms with van der Waals surface area (Å²) in [5.74, 6) is 0. The van der Waals surface area contributed by atoms with E-state index < -0.39 is 0 Å². The Bertz CT molecular complexity index is 4570. The molecule has 0 spiro atoms. The van der Waals surface area contributed by atoms with Crippen molar-refractivity contribution in [3.63, 3.8) is 0 Å². The summed E-state index contributed by atoms with van der Waals surface area (Å²) in [6, 6.07) is 87.0. The standard InChI is InChI=1S/C65H39N3S/c1-2-14-49(15-3-1)67-59-20-10-8-18-54(59)56-36-46(30-33-60(56)67)40-22-24-41(25-23-40)50-31-32-51(53-17-7-6-16-52(50)53)42-26-28-43(29-27-42)61-39-57-55-19-9-11-21-63(55)69-64(57)65-66-58-37-47-34-44-12-4-5-13-45(44)35-48(47)38-62(58)68(61)65/h1-39H. The van der Waals surface area contributed by atoms with Gasteiger partial charge in [-0.2, -0.15) is 0 Å². The van der Waals surface area contributed by atoms with Crippen LogP contribution in [0.2, 0.25) is 0 Å². The molecule has 4 aromatic heterocycles. The number of thiophene rings is 1. The fourth-order valence-electron chi connectivity index (χ4n) is 11.2. The lowest BCUT2D eigenvalue weighted by Crippen LogP contribution is -1.93. The Morgan fingerprint density at radius 2 is 0.899 bits per heavy atom. The molecule has 15 aromatic rings. The summed E-state index contributed by atoms with van der Waals surface area (Å²) in [6.45, 7) is 0. The van der Waals surface area contributed by atoms with E-state index in [-0.39, 0.29) is 0 Å². The zero-order chi connectivity index (χ0) is 45.2. The highest BCUT2D eigenvalue weighted by Gasteiger charge is 2.20. The average Bonchev–Trinajstić information content (AvgIpc) is 4.09. The molecule has 3 nitrogen and oxygen atoms in total. The Morgan fingerprint density at radius 3 is 1.62 bits per heavy atom. The van der Waals surface area contributed by atoms with Gasteiger partial charge in [0.05, 0.1) is 32.5 Å². The molecule has 11 aromatic carbocycles. The molecular weight excluding hydrogens is 855 g/mol. The SMILES string of the molecule is c1ccc(-n2c3ccccc3c3cc(-c4ccc(-c5ccc(-c6ccc(-c7cc8c9ccccc9sc8c8nc9cc%10cc%11ccccc%11cc%10cc9n78)cc6)c6ccccc56)cc4)ccc32)cc1. The summed E-state index contributed by atoms with van der Waals surface area (Å²) < 4.78 is 7.26. The van der Waals surface area contributed by atoms with E-state index in [4.69, 9.17) is 4.98 Å². The van der Waals surface area contributed by atoms with Gasteiger partial charge in [-0.05, 0) is 138 Å². The summed E-state index contributed by atoms with van der Waals surface area (Å²) in [5.41, 5.74) is 16.3. The highest BCUT2D eigenvalue weighted by molar-refractivity contribution is 7.26. The molecule has 0 saturated heterocycles. The van der Waals surface area contributed by atoms with Crippen LogP contribution in [0.1, 0.15) is 0 Å². The molecule has 0 aliphatic carbocycles. The third-order valence-corrected chi connectivity index (χ3v) is 15.7. The topological polar surface area (TPSA) is 22.2 Å². The number of hydrogen-bond donors (Lipinski definition) is 0. The highest BCUT2D eigenvalue weighted by atomic mass is 32.1. The molecule has 0 fully saturated rings. The monoisotopic (exact) mass is 893 g/mol. The minimum absolute atomic E-state index is 1.01. The normalized spacial score (nSPS) is 12.1. The van der Waals surface area contributed by atoms with Crippen LogP contribution in [0.15, 0.2) is 237 Å². The van der Waals surface area contributed by atoms with Crippen LogP contribution in [0, 0.1) is 0 Å². The van der Waals surface area contributed by atoms with Crippen LogP contribution in [0.3, 0.4) is 0 Å². The van der Waals surface area contributed by atoms with Gasteiger partial charge >= 0.3 is 0 Å². The van der Waals surface area contributed by atoms with Crippen molar-refractivity contribution in [3.05, 3.63) is 237 Å². The van der Waals surface area contributed by atoms with Crippen molar-refractivity contribution in [2.45, 2.75) is 0 Å². The van der Waals surface area contributed by atoms with Crippen molar-refractivity contribution in [2.24, 2.45) is 0 Å². The van der Waals surface area contributed by atoms with Crippen molar-refractivity contribution in [1.29, 1.82) is 0 Å². The molecule has 0 radical (unpaired) electrons. The number of nitrogens with zero attached hydrogens (tertiary/aromatic N) is 3. The summed E-state index contributed by atoms with van der Waals surface area (Å²) in [4.78, 5) is 5.41. The third kappa shape index (κ3) is 5.89. The Morgan fingerprint density at radius 1 is 0.333 bits per heavy atom. The van der Waals surface area contributed by atoms with Crippen LogP contribution in [-0.4, -0.2) is 14.0 Å². The number of pyridine rings is 1.